The van der Waals surface area contributed by atoms with Crippen LogP contribution in [-0.2, 0) is 42.7 Å². The van der Waals surface area contributed by atoms with Gasteiger partial charge in [-0.05, 0) is 38.5 Å². The predicted molar refractivity (Wildman–Crippen MR) is 527 cm³/mol. The van der Waals surface area contributed by atoms with Crippen LogP contribution >= 0.6 is 0 Å². The Morgan fingerprint density at radius 1 is 0.182 bits per heavy atom. The van der Waals surface area contributed by atoms with Crippen molar-refractivity contribution in [2.75, 3.05) is 92.5 Å². The standard InChI is InChI=1S/C57H112O7.C53H108O4/c1-4-7-10-13-16-19-22-25-28-31-34-37-40-43-48-61-51-57(54-64-56(60)47-46-55(58)59,52-62-49-44-41-38-35-32-29-26-23-20-17-14-11-8-5-2)53-63-50-45-42-39-36-33-30-27-24-21-18-15-12-9-6-3;1-4-7-10-13-16-19-22-25-28-31-34-37-40-43-46-55-50-53(49-54,51-56-47-44-41-38-35-32-29-26-23-20-17-14-11-8-5-2)52-57-48-45-42-39-36-33-30-27-24-21-18-15-12-9-6-3/h4-54H2,1-3H3,(H,58,59);54H,4-52H2,1-3H3. The number of hydrogen-bond donors (Lipinski definition) is 2. The Labute approximate surface area is 757 Å². The zero-order valence-electron chi connectivity index (χ0n) is 83.3. The van der Waals surface area contributed by atoms with Gasteiger partial charge in [0, 0.05) is 39.6 Å². The molecule has 11 heteroatoms. The molecule has 0 aromatic rings. The number of rotatable bonds is 108. The maximum atomic E-state index is 12.7. The average Bonchev–Trinajstić information content (AvgIpc) is 0.860. The van der Waals surface area contributed by atoms with E-state index >= 15 is 0 Å². The van der Waals surface area contributed by atoms with Crippen molar-refractivity contribution in [3.63, 3.8) is 0 Å². The number of ether oxygens (including phenoxy) is 7. The second kappa shape index (κ2) is 107. The molecule has 0 aromatic carbocycles. The molecule has 121 heavy (non-hydrogen) atoms. The molecule has 0 bridgehead atoms. The van der Waals surface area contributed by atoms with Crippen molar-refractivity contribution in [1.29, 1.82) is 0 Å². The molecule has 0 aliphatic heterocycles. The Morgan fingerprint density at radius 3 is 0.446 bits per heavy atom. The molecule has 0 saturated carbocycles. The molecule has 0 aromatic heterocycles. The fourth-order valence-corrected chi connectivity index (χ4v) is 17.2. The summed E-state index contributed by atoms with van der Waals surface area (Å²) in [7, 11) is 0. The Bertz CT molecular complexity index is 1710. The minimum absolute atomic E-state index is 0.0588. The van der Waals surface area contributed by atoms with Crippen LogP contribution in [0.2, 0.25) is 0 Å². The molecule has 0 atom stereocenters. The SMILES string of the molecule is CCCCCCCCCCCCCCCCOCC(CO)(COCCCCCCCCCCCCCCCC)COCCCCCCCCCCCCCCCC.CCCCCCCCCCCCCCCCOCC(COCCCCCCCCCCCCCCCC)(COCCCCCCCCCCCCCCCC)COC(=O)CCC(=O)O. The lowest BCUT2D eigenvalue weighted by Crippen LogP contribution is -2.42. The predicted octanol–water partition coefficient (Wildman–Crippen LogP) is 35.3. The smallest absolute Gasteiger partial charge is 0.306 e. The number of aliphatic hydroxyl groups excluding tert-OH is 1. The number of carboxylic acids is 1. The van der Waals surface area contributed by atoms with E-state index in [1.807, 2.05) is 0 Å². The molecule has 0 spiro atoms. The molecule has 726 valence electrons. The molecule has 0 heterocycles. The number of carbonyl (C=O) groups excluding carboxylic acids is 1. The Kier molecular flexibility index (Phi) is 108. The van der Waals surface area contributed by atoms with E-state index in [4.69, 9.17) is 38.3 Å². The fraction of sp³-hybridized carbons (Fsp3) is 0.982. The van der Waals surface area contributed by atoms with Crippen molar-refractivity contribution in [3.8, 4) is 0 Å². The van der Waals surface area contributed by atoms with Gasteiger partial charge < -0.3 is 43.4 Å². The van der Waals surface area contributed by atoms with E-state index in [0.29, 0.717) is 59.5 Å². The lowest BCUT2D eigenvalue weighted by Gasteiger charge is -2.32. The van der Waals surface area contributed by atoms with Gasteiger partial charge in [-0.1, -0.05) is 542 Å². The van der Waals surface area contributed by atoms with E-state index in [1.54, 1.807) is 0 Å². The Hall–Kier alpha value is -1.34. The molecule has 0 fully saturated rings. The van der Waals surface area contributed by atoms with Crippen LogP contribution in [0.15, 0.2) is 0 Å². The monoisotopic (exact) mass is 1720 g/mol. The lowest BCUT2D eigenvalue weighted by molar-refractivity contribution is -0.158. The van der Waals surface area contributed by atoms with Gasteiger partial charge in [-0.3, -0.25) is 9.59 Å². The van der Waals surface area contributed by atoms with Gasteiger partial charge in [0.1, 0.15) is 6.61 Å². The van der Waals surface area contributed by atoms with Crippen molar-refractivity contribution < 1.29 is 53.0 Å². The van der Waals surface area contributed by atoms with Crippen LogP contribution in [0.5, 0.6) is 0 Å². The molecule has 0 rings (SSSR count). The fourth-order valence-electron chi connectivity index (χ4n) is 17.2. The summed E-state index contributed by atoms with van der Waals surface area (Å²) in [5.41, 5.74) is -1.08. The van der Waals surface area contributed by atoms with Crippen molar-refractivity contribution in [3.05, 3.63) is 0 Å². The number of hydrogen-bond acceptors (Lipinski definition) is 10. The average molecular weight is 1720 g/mol. The van der Waals surface area contributed by atoms with Gasteiger partial charge in [-0.2, -0.15) is 0 Å². The number of aliphatic carboxylic acids is 1. The number of carboxylic acid groups (broad SMARTS) is 1. The van der Waals surface area contributed by atoms with Gasteiger partial charge in [-0.15, -0.1) is 0 Å². The van der Waals surface area contributed by atoms with Crippen LogP contribution in [0.1, 0.15) is 594 Å². The van der Waals surface area contributed by atoms with E-state index in [9.17, 15) is 14.7 Å². The zero-order valence-corrected chi connectivity index (χ0v) is 83.3. The summed E-state index contributed by atoms with van der Waals surface area (Å²) in [4.78, 5) is 23.8. The molecule has 11 nitrogen and oxygen atoms in total. The Morgan fingerprint density at radius 2 is 0.314 bits per heavy atom. The number of aliphatic hydroxyl groups is 1. The Balaban J connectivity index is 0. The summed E-state index contributed by atoms with van der Waals surface area (Å²) in [6, 6.07) is 0. The topological polar surface area (TPSA) is 139 Å². The highest BCUT2D eigenvalue weighted by atomic mass is 16.5. The molecule has 0 aliphatic carbocycles. The highest BCUT2D eigenvalue weighted by Gasteiger charge is 2.35. The first-order valence-corrected chi connectivity index (χ1v) is 55.2. The summed E-state index contributed by atoms with van der Waals surface area (Å²) in [6.45, 7) is 21.0. The van der Waals surface area contributed by atoms with Gasteiger partial charge >= 0.3 is 11.9 Å². The van der Waals surface area contributed by atoms with E-state index in [2.05, 4.69) is 41.5 Å². The van der Waals surface area contributed by atoms with E-state index in [-0.39, 0.29) is 26.1 Å². The number of esters is 1. The van der Waals surface area contributed by atoms with E-state index in [1.165, 1.54) is 501 Å². The summed E-state index contributed by atoms with van der Waals surface area (Å²) in [5, 5.41) is 19.8. The maximum absolute atomic E-state index is 12.7. The van der Waals surface area contributed by atoms with Gasteiger partial charge in [0.2, 0.25) is 0 Å². The first-order chi connectivity index (χ1) is 59.7. The lowest BCUT2D eigenvalue weighted by atomic mass is 9.92. The van der Waals surface area contributed by atoms with E-state index < -0.39 is 22.8 Å². The van der Waals surface area contributed by atoms with Crippen LogP contribution in [0, 0.1) is 10.8 Å². The highest BCUT2D eigenvalue weighted by Crippen LogP contribution is 2.27. The summed E-state index contributed by atoms with van der Waals surface area (Å²) in [6.07, 6.45) is 113. The minimum Gasteiger partial charge on any atom is -0.481 e. The second-order valence-corrected chi connectivity index (χ2v) is 38.6. The molecule has 0 aliphatic rings. The third kappa shape index (κ3) is 101. The van der Waals surface area contributed by atoms with Crippen LogP contribution < -0.4 is 0 Å². The molecular formula is C110H220O11. The van der Waals surface area contributed by atoms with Crippen LogP contribution in [0.25, 0.3) is 0 Å². The van der Waals surface area contributed by atoms with Crippen LogP contribution in [-0.4, -0.2) is 115 Å². The van der Waals surface area contributed by atoms with E-state index in [0.717, 1.165) is 58.3 Å². The normalized spacial score (nSPS) is 11.9. The summed E-state index contributed by atoms with van der Waals surface area (Å²) < 4.78 is 43.5. The third-order valence-corrected chi connectivity index (χ3v) is 25.7. The van der Waals surface area contributed by atoms with Gasteiger partial charge in [0.15, 0.2) is 0 Å². The summed E-state index contributed by atoms with van der Waals surface area (Å²) in [5.74, 6) is -1.48. The molecule has 0 unspecified atom stereocenters. The second-order valence-electron chi connectivity index (χ2n) is 38.6. The third-order valence-electron chi connectivity index (χ3n) is 25.7. The first kappa shape index (κ1) is 122. The molecule has 0 saturated heterocycles. The zero-order chi connectivity index (χ0) is 87.8. The maximum Gasteiger partial charge on any atom is 0.306 e. The number of unbranched alkanes of at least 4 members (excludes halogenated alkanes) is 78. The van der Waals surface area contributed by atoms with Crippen molar-refractivity contribution in [2.24, 2.45) is 10.8 Å². The van der Waals surface area contributed by atoms with Crippen molar-refractivity contribution >= 4 is 11.9 Å². The molecule has 0 amide bonds. The quantitative estimate of drug-likeness (QED) is 0.0444. The molecular weight excluding hydrogens is 1500 g/mol. The molecule has 0 radical (unpaired) electrons. The van der Waals surface area contributed by atoms with Gasteiger partial charge in [0.05, 0.1) is 69.9 Å². The van der Waals surface area contributed by atoms with Crippen LogP contribution in [0.4, 0.5) is 0 Å². The summed E-state index contributed by atoms with van der Waals surface area (Å²) >= 11 is 0. The van der Waals surface area contributed by atoms with Crippen molar-refractivity contribution in [2.45, 2.75) is 594 Å². The van der Waals surface area contributed by atoms with Crippen LogP contribution in [0.3, 0.4) is 0 Å². The highest BCUT2D eigenvalue weighted by molar-refractivity contribution is 5.76. The molecule has 2 N–H and O–H groups in total. The number of carbonyl (C=O) groups is 2. The first-order valence-electron chi connectivity index (χ1n) is 55.2. The van der Waals surface area contributed by atoms with Gasteiger partial charge in [-0.25, -0.2) is 0 Å². The van der Waals surface area contributed by atoms with Crippen molar-refractivity contribution in [1.82, 2.24) is 0 Å². The minimum atomic E-state index is -0.993. The van der Waals surface area contributed by atoms with Gasteiger partial charge in [0.25, 0.3) is 0 Å². The largest absolute Gasteiger partial charge is 0.481 e.